The predicted molar refractivity (Wildman–Crippen MR) is 91.5 cm³/mol. The molecule has 1 aromatic heterocycles. The van der Waals surface area contributed by atoms with Gasteiger partial charge in [0.1, 0.15) is 6.10 Å². The lowest BCUT2D eigenvalue weighted by Crippen LogP contribution is -2.00. The Labute approximate surface area is 139 Å². The first-order valence-corrected chi connectivity index (χ1v) is 7.68. The minimum Gasteiger partial charge on any atom is -0.384 e. The molecule has 0 radical (unpaired) electrons. The molecule has 0 bridgehead atoms. The van der Waals surface area contributed by atoms with Crippen LogP contribution in [0.1, 0.15) is 22.8 Å². The molecular formula is C18H15Cl2NO. The molecule has 4 heteroatoms. The van der Waals surface area contributed by atoms with E-state index in [1.165, 1.54) is 0 Å². The fourth-order valence-corrected chi connectivity index (χ4v) is 2.74. The van der Waals surface area contributed by atoms with Crippen molar-refractivity contribution in [2.45, 2.75) is 13.0 Å². The van der Waals surface area contributed by atoms with E-state index in [2.05, 4.69) is 4.98 Å². The summed E-state index contributed by atoms with van der Waals surface area (Å²) in [5.74, 6) is 0. The second kappa shape index (κ2) is 6.17. The van der Waals surface area contributed by atoms with Crippen molar-refractivity contribution in [1.82, 2.24) is 4.98 Å². The lowest BCUT2D eigenvalue weighted by atomic mass is 9.96. The van der Waals surface area contributed by atoms with Crippen LogP contribution in [-0.2, 0) is 0 Å². The lowest BCUT2D eigenvalue weighted by Gasteiger charge is -2.13. The number of nitrogens with one attached hydrogen (secondary N) is 1. The van der Waals surface area contributed by atoms with E-state index in [1.54, 1.807) is 12.1 Å². The van der Waals surface area contributed by atoms with Crippen molar-refractivity contribution in [1.29, 1.82) is 0 Å². The fraction of sp³-hybridized carbons (Fsp3) is 0.111. The van der Waals surface area contributed by atoms with Crippen LogP contribution in [-0.4, -0.2) is 10.1 Å². The van der Waals surface area contributed by atoms with E-state index in [9.17, 15) is 5.11 Å². The highest BCUT2D eigenvalue weighted by Gasteiger charge is 2.17. The highest BCUT2D eigenvalue weighted by molar-refractivity contribution is 6.42. The first-order chi connectivity index (χ1) is 10.6. The summed E-state index contributed by atoms with van der Waals surface area (Å²) in [4.78, 5) is 3.06. The summed E-state index contributed by atoms with van der Waals surface area (Å²) in [6.45, 7) is 2.02. The summed E-state index contributed by atoms with van der Waals surface area (Å²) in [5.41, 5.74) is 4.65. The van der Waals surface area contributed by atoms with Gasteiger partial charge in [-0.3, -0.25) is 0 Å². The Hall–Kier alpha value is -1.74. The van der Waals surface area contributed by atoms with Crippen LogP contribution in [0.4, 0.5) is 0 Å². The third kappa shape index (κ3) is 2.91. The number of benzene rings is 2. The molecule has 0 saturated carbocycles. The summed E-state index contributed by atoms with van der Waals surface area (Å²) in [6.07, 6.45) is 2.96. The molecule has 0 saturated heterocycles. The van der Waals surface area contributed by atoms with Crippen molar-refractivity contribution in [3.8, 4) is 11.1 Å². The van der Waals surface area contributed by atoms with E-state index < -0.39 is 6.10 Å². The molecule has 22 heavy (non-hydrogen) atoms. The summed E-state index contributed by atoms with van der Waals surface area (Å²) in [6, 6.07) is 13.3. The topological polar surface area (TPSA) is 36.0 Å². The first kappa shape index (κ1) is 15.2. The van der Waals surface area contributed by atoms with Gasteiger partial charge in [-0.1, -0.05) is 59.1 Å². The predicted octanol–water partition coefficient (Wildman–Crippen LogP) is 5.38. The number of aliphatic hydroxyl groups is 1. The Kier molecular flexibility index (Phi) is 4.25. The van der Waals surface area contributed by atoms with Crippen LogP contribution >= 0.6 is 23.2 Å². The number of aliphatic hydroxyl groups excluding tert-OH is 1. The van der Waals surface area contributed by atoms with Crippen LogP contribution in [0.5, 0.6) is 0 Å². The summed E-state index contributed by atoms with van der Waals surface area (Å²) >= 11 is 12.1. The SMILES string of the molecule is Cc1ccc(C(O)c2c[nH]cc2-c2ccc(Cl)c(Cl)c2)cc1. The van der Waals surface area contributed by atoms with E-state index >= 15 is 0 Å². The Morgan fingerprint density at radius 1 is 0.955 bits per heavy atom. The molecule has 1 unspecified atom stereocenters. The van der Waals surface area contributed by atoms with E-state index in [4.69, 9.17) is 23.2 Å². The van der Waals surface area contributed by atoms with Gasteiger partial charge < -0.3 is 10.1 Å². The number of hydrogen-bond acceptors (Lipinski definition) is 1. The molecule has 0 fully saturated rings. The van der Waals surface area contributed by atoms with Gasteiger partial charge in [0.25, 0.3) is 0 Å². The maximum Gasteiger partial charge on any atom is 0.106 e. The normalized spacial score (nSPS) is 12.4. The first-order valence-electron chi connectivity index (χ1n) is 6.93. The molecule has 1 atom stereocenters. The van der Waals surface area contributed by atoms with Crippen LogP contribution in [0.25, 0.3) is 11.1 Å². The number of rotatable bonds is 3. The second-order valence-corrected chi connectivity index (χ2v) is 6.08. The average molecular weight is 332 g/mol. The van der Waals surface area contributed by atoms with E-state index in [-0.39, 0.29) is 0 Å². The smallest absolute Gasteiger partial charge is 0.106 e. The average Bonchev–Trinajstić information content (AvgIpc) is 2.99. The van der Waals surface area contributed by atoms with Gasteiger partial charge >= 0.3 is 0 Å². The van der Waals surface area contributed by atoms with Crippen LogP contribution in [0, 0.1) is 6.92 Å². The molecule has 2 N–H and O–H groups in total. The quantitative estimate of drug-likeness (QED) is 0.664. The number of aromatic amines is 1. The van der Waals surface area contributed by atoms with Gasteiger partial charge in [0, 0.05) is 23.5 Å². The number of aromatic nitrogens is 1. The van der Waals surface area contributed by atoms with Crippen molar-refractivity contribution in [3.63, 3.8) is 0 Å². The Morgan fingerprint density at radius 3 is 2.36 bits per heavy atom. The molecule has 112 valence electrons. The van der Waals surface area contributed by atoms with Crippen molar-refractivity contribution in [3.05, 3.63) is 81.6 Å². The number of hydrogen-bond donors (Lipinski definition) is 2. The van der Waals surface area contributed by atoms with Crippen molar-refractivity contribution in [2.24, 2.45) is 0 Å². The molecule has 3 rings (SSSR count). The minimum absolute atomic E-state index is 0.496. The molecule has 0 amide bonds. The fourth-order valence-electron chi connectivity index (χ4n) is 2.44. The zero-order chi connectivity index (χ0) is 15.7. The van der Waals surface area contributed by atoms with E-state index in [1.807, 2.05) is 49.6 Å². The highest BCUT2D eigenvalue weighted by atomic mass is 35.5. The van der Waals surface area contributed by atoms with Gasteiger partial charge in [0.05, 0.1) is 10.0 Å². The van der Waals surface area contributed by atoms with Gasteiger partial charge in [0.15, 0.2) is 0 Å². The standard InChI is InChI=1S/C18H15Cl2NO/c1-11-2-4-12(5-3-11)18(22)15-10-21-9-14(15)13-6-7-16(19)17(20)8-13/h2-10,18,21-22H,1H3. The number of H-pyrrole nitrogens is 1. The molecule has 0 aliphatic rings. The zero-order valence-corrected chi connectivity index (χ0v) is 13.5. The summed E-state index contributed by atoms with van der Waals surface area (Å²) < 4.78 is 0. The third-order valence-corrected chi connectivity index (χ3v) is 4.43. The Balaban J connectivity index is 2.01. The van der Waals surface area contributed by atoms with Gasteiger partial charge in [-0.25, -0.2) is 0 Å². The molecule has 2 aromatic carbocycles. The molecule has 1 heterocycles. The molecule has 0 spiro atoms. The molecular weight excluding hydrogens is 317 g/mol. The minimum atomic E-state index is -0.698. The van der Waals surface area contributed by atoms with E-state index in [0.29, 0.717) is 10.0 Å². The second-order valence-electron chi connectivity index (χ2n) is 5.27. The highest BCUT2D eigenvalue weighted by Crippen LogP contribution is 2.34. The molecule has 0 aliphatic heterocycles. The number of halogens is 2. The number of aryl methyl sites for hydroxylation is 1. The van der Waals surface area contributed by atoms with Crippen LogP contribution in [0.2, 0.25) is 10.0 Å². The molecule has 2 nitrogen and oxygen atoms in total. The Morgan fingerprint density at radius 2 is 1.68 bits per heavy atom. The van der Waals surface area contributed by atoms with Crippen LogP contribution in [0.3, 0.4) is 0 Å². The largest absolute Gasteiger partial charge is 0.384 e. The monoisotopic (exact) mass is 331 g/mol. The zero-order valence-electron chi connectivity index (χ0n) is 12.0. The summed E-state index contributed by atoms with van der Waals surface area (Å²) in [5, 5.41) is 11.7. The van der Waals surface area contributed by atoms with Gasteiger partial charge in [-0.05, 0) is 30.2 Å². The van der Waals surface area contributed by atoms with Crippen molar-refractivity contribution < 1.29 is 5.11 Å². The van der Waals surface area contributed by atoms with Gasteiger partial charge in [-0.2, -0.15) is 0 Å². The van der Waals surface area contributed by atoms with Crippen LogP contribution < -0.4 is 0 Å². The molecule has 3 aromatic rings. The maximum atomic E-state index is 10.7. The van der Waals surface area contributed by atoms with E-state index in [0.717, 1.165) is 27.8 Å². The van der Waals surface area contributed by atoms with Gasteiger partial charge in [0.2, 0.25) is 0 Å². The van der Waals surface area contributed by atoms with Crippen molar-refractivity contribution >= 4 is 23.2 Å². The lowest BCUT2D eigenvalue weighted by molar-refractivity contribution is 0.221. The Bertz CT molecular complexity index is 793. The van der Waals surface area contributed by atoms with Crippen molar-refractivity contribution in [2.75, 3.05) is 0 Å². The maximum absolute atomic E-state index is 10.7. The third-order valence-electron chi connectivity index (χ3n) is 3.70. The van der Waals surface area contributed by atoms with Crippen LogP contribution in [0.15, 0.2) is 54.9 Å². The summed E-state index contributed by atoms with van der Waals surface area (Å²) in [7, 11) is 0. The molecule has 0 aliphatic carbocycles. The van der Waals surface area contributed by atoms with Gasteiger partial charge in [-0.15, -0.1) is 0 Å².